The molecule has 0 bridgehead atoms. The Kier molecular flexibility index (Phi) is 6.18. The van der Waals surface area contributed by atoms with E-state index >= 15 is 0 Å². The molecule has 0 saturated carbocycles. The van der Waals surface area contributed by atoms with Crippen molar-refractivity contribution in [2.75, 3.05) is 35.4 Å². The lowest BCUT2D eigenvalue weighted by Crippen LogP contribution is -2.29. The van der Waals surface area contributed by atoms with Crippen molar-refractivity contribution in [1.29, 1.82) is 5.26 Å². The number of hydrogen-bond donors (Lipinski definition) is 0. The Morgan fingerprint density at radius 3 is 2.11 bits per heavy atom. The highest BCUT2D eigenvalue weighted by Crippen LogP contribution is 2.40. The van der Waals surface area contributed by atoms with Gasteiger partial charge in [0.25, 0.3) is 11.8 Å². The number of Topliss-reactive ketones (excluding diaryl/α,β-unsaturated/α-hetero) is 1. The maximum atomic E-state index is 13.0. The zero-order valence-corrected chi connectivity index (χ0v) is 21.0. The number of amides is 2. The summed E-state index contributed by atoms with van der Waals surface area (Å²) < 4.78 is 5.19. The molecule has 0 fully saturated rings. The topological polar surface area (TPSA) is 111 Å². The van der Waals surface area contributed by atoms with E-state index in [1.807, 2.05) is 30.3 Å². The minimum absolute atomic E-state index is 0.00988. The van der Waals surface area contributed by atoms with Gasteiger partial charge in [0.05, 0.1) is 33.8 Å². The number of imide groups is 1. The fraction of sp³-hybridized carbons (Fsp3) is 0.107. The molecule has 0 unspecified atom stereocenters. The number of ether oxygens (including phenoxy) is 1. The number of fused-ring (bicyclic) bond motifs is 2. The Labute approximate surface area is 222 Å². The van der Waals surface area contributed by atoms with E-state index in [0.29, 0.717) is 16.5 Å². The largest absolute Gasteiger partial charge is 0.454 e. The maximum Gasteiger partial charge on any atom is 0.338 e. The van der Waals surface area contributed by atoms with Crippen LogP contribution in [0, 0.1) is 11.3 Å². The van der Waals surface area contributed by atoms with Crippen molar-refractivity contribution < 1.29 is 23.9 Å². The second-order valence-electron chi connectivity index (χ2n) is 8.60. The number of halogens is 1. The number of carbonyl (C=O) groups is 4. The second-order valence-corrected chi connectivity index (χ2v) is 9.04. The fourth-order valence-electron chi connectivity index (χ4n) is 4.54. The van der Waals surface area contributed by atoms with E-state index in [4.69, 9.17) is 16.3 Å². The van der Waals surface area contributed by atoms with Crippen LogP contribution < -0.4 is 14.7 Å². The molecule has 9 nitrogen and oxygen atoms in total. The van der Waals surface area contributed by atoms with Crippen LogP contribution in [0.4, 0.5) is 17.1 Å². The molecule has 0 saturated heterocycles. The lowest BCUT2D eigenvalue weighted by atomic mass is 10.1. The molecule has 0 N–H and O–H groups in total. The summed E-state index contributed by atoms with van der Waals surface area (Å²) in [6.45, 7) is -0.676. The minimum Gasteiger partial charge on any atom is -0.454 e. The Morgan fingerprint density at radius 1 is 0.895 bits per heavy atom. The van der Waals surface area contributed by atoms with Crippen molar-refractivity contribution in [3.8, 4) is 6.07 Å². The van der Waals surface area contributed by atoms with Crippen LogP contribution in [0.3, 0.4) is 0 Å². The average molecular weight is 527 g/mol. The van der Waals surface area contributed by atoms with E-state index in [1.54, 1.807) is 48.2 Å². The van der Waals surface area contributed by atoms with Crippen molar-refractivity contribution in [1.82, 2.24) is 0 Å². The quantitative estimate of drug-likeness (QED) is 0.211. The lowest BCUT2D eigenvalue weighted by molar-refractivity contribution is -0.118. The van der Waals surface area contributed by atoms with Crippen LogP contribution in [0.5, 0.6) is 0 Å². The van der Waals surface area contributed by atoms with Crippen molar-refractivity contribution in [3.63, 3.8) is 0 Å². The van der Waals surface area contributed by atoms with Crippen molar-refractivity contribution in [3.05, 3.63) is 99.8 Å². The summed E-state index contributed by atoms with van der Waals surface area (Å²) in [5, 5.41) is 10.2. The minimum atomic E-state index is -0.870. The molecular formula is C28H19ClN4O5. The van der Waals surface area contributed by atoms with Gasteiger partial charge in [0.15, 0.2) is 6.61 Å². The third-order valence-corrected chi connectivity index (χ3v) is 6.65. The molecule has 2 aliphatic rings. The third kappa shape index (κ3) is 3.97. The first-order chi connectivity index (χ1) is 18.2. The number of nitrogens with zero attached hydrogens (tertiary/aromatic N) is 4. The van der Waals surface area contributed by atoms with Crippen LogP contribution in [0.1, 0.15) is 31.1 Å². The highest BCUT2D eigenvalue weighted by atomic mass is 35.5. The van der Waals surface area contributed by atoms with E-state index in [0.717, 1.165) is 16.3 Å². The van der Waals surface area contributed by atoms with E-state index < -0.39 is 30.2 Å². The molecular weight excluding hydrogens is 508 g/mol. The van der Waals surface area contributed by atoms with Gasteiger partial charge in [0.2, 0.25) is 5.78 Å². The van der Waals surface area contributed by atoms with Crippen LogP contribution in [-0.4, -0.2) is 44.3 Å². The van der Waals surface area contributed by atoms with Crippen LogP contribution in [0.2, 0.25) is 5.02 Å². The van der Waals surface area contributed by atoms with Gasteiger partial charge < -0.3 is 14.5 Å². The van der Waals surface area contributed by atoms with Crippen molar-refractivity contribution in [2.45, 2.75) is 0 Å². The molecule has 3 aromatic rings. The summed E-state index contributed by atoms with van der Waals surface area (Å²) in [6.07, 6.45) is 0. The fourth-order valence-corrected chi connectivity index (χ4v) is 4.66. The van der Waals surface area contributed by atoms with Crippen LogP contribution >= 0.6 is 11.6 Å². The molecule has 10 heteroatoms. The molecule has 188 valence electrons. The first kappa shape index (κ1) is 24.7. The zero-order chi connectivity index (χ0) is 27.1. The van der Waals surface area contributed by atoms with Gasteiger partial charge in [-0.3, -0.25) is 14.4 Å². The highest BCUT2D eigenvalue weighted by molar-refractivity contribution is 6.35. The van der Waals surface area contributed by atoms with Gasteiger partial charge >= 0.3 is 5.97 Å². The van der Waals surface area contributed by atoms with E-state index in [1.165, 1.54) is 18.2 Å². The molecule has 0 atom stereocenters. The summed E-state index contributed by atoms with van der Waals surface area (Å²) in [7, 11) is 3.48. The van der Waals surface area contributed by atoms with Gasteiger partial charge in [-0.05, 0) is 54.6 Å². The molecule has 2 amide bonds. The number of nitriles is 1. The molecule has 3 aromatic carbocycles. The number of esters is 1. The highest BCUT2D eigenvalue weighted by Gasteiger charge is 2.37. The molecule has 0 radical (unpaired) electrons. The predicted octanol–water partition coefficient (Wildman–Crippen LogP) is 4.19. The van der Waals surface area contributed by atoms with E-state index in [2.05, 4.69) is 0 Å². The monoisotopic (exact) mass is 526 g/mol. The number of hydrogen-bond acceptors (Lipinski definition) is 8. The summed E-state index contributed by atoms with van der Waals surface area (Å²) in [5.74, 6) is -2.30. The summed E-state index contributed by atoms with van der Waals surface area (Å²) in [6, 6.07) is 19.6. The van der Waals surface area contributed by atoms with Crippen molar-refractivity contribution in [2.24, 2.45) is 0 Å². The van der Waals surface area contributed by atoms with E-state index in [-0.39, 0.29) is 22.3 Å². The summed E-state index contributed by atoms with van der Waals surface area (Å²) in [4.78, 5) is 55.9. The normalized spacial score (nSPS) is 13.8. The second kappa shape index (κ2) is 9.50. The van der Waals surface area contributed by atoms with Gasteiger partial charge in [-0.2, -0.15) is 5.26 Å². The maximum absolute atomic E-state index is 13.0. The number of anilines is 3. The van der Waals surface area contributed by atoms with Gasteiger partial charge in [0.1, 0.15) is 17.5 Å². The molecule has 0 aliphatic carbocycles. The first-order valence-electron chi connectivity index (χ1n) is 11.4. The van der Waals surface area contributed by atoms with Crippen LogP contribution in [-0.2, 0) is 9.53 Å². The summed E-state index contributed by atoms with van der Waals surface area (Å²) in [5.41, 5.74) is 2.01. The zero-order valence-electron chi connectivity index (χ0n) is 20.3. The van der Waals surface area contributed by atoms with Gasteiger partial charge in [-0.15, -0.1) is 0 Å². The number of rotatable bonds is 5. The van der Waals surface area contributed by atoms with Crippen LogP contribution in [0.25, 0.3) is 0 Å². The lowest BCUT2D eigenvalue weighted by Gasteiger charge is -2.19. The Morgan fingerprint density at radius 2 is 1.50 bits per heavy atom. The smallest absolute Gasteiger partial charge is 0.338 e. The van der Waals surface area contributed by atoms with E-state index in [9.17, 15) is 24.4 Å². The summed E-state index contributed by atoms with van der Waals surface area (Å²) >= 11 is 5.90. The first-order valence-corrected chi connectivity index (χ1v) is 11.8. The predicted molar refractivity (Wildman–Crippen MR) is 140 cm³/mol. The number of carbonyl (C=O) groups excluding carboxylic acids is 4. The molecule has 2 heterocycles. The Balaban J connectivity index is 1.33. The Bertz CT molecular complexity index is 1580. The van der Waals surface area contributed by atoms with Gasteiger partial charge in [-0.25, -0.2) is 9.69 Å². The molecule has 0 aromatic heterocycles. The van der Waals surface area contributed by atoms with Gasteiger partial charge in [0, 0.05) is 19.1 Å². The average Bonchev–Trinajstić information content (AvgIpc) is 3.33. The molecule has 38 heavy (non-hydrogen) atoms. The SMILES string of the molecule is CN1C(=C(C#N)C(=O)COC(=O)c2ccc3c(c2)C(=O)N(c2ccc(Cl)cc2)C3=O)N(C)c2ccccc21. The molecule has 0 spiro atoms. The van der Waals surface area contributed by atoms with Crippen molar-refractivity contribution >= 4 is 52.2 Å². The number of benzene rings is 3. The third-order valence-electron chi connectivity index (χ3n) is 6.40. The molecule has 5 rings (SSSR count). The molecule has 2 aliphatic heterocycles. The van der Waals surface area contributed by atoms with Crippen LogP contribution in [0.15, 0.2) is 78.1 Å². The standard InChI is InChI=1S/C28H19ClN4O5/c1-31-22-5-3-4-6-23(22)32(2)25(31)21(14-30)24(34)15-38-28(37)16-7-12-19-20(13-16)27(36)33(26(19)35)18-10-8-17(29)9-11-18/h3-13H,15H2,1-2H3. The number of ketones is 1. The number of para-hydroxylation sites is 2. The van der Waals surface area contributed by atoms with Gasteiger partial charge in [-0.1, -0.05) is 23.7 Å². The Hall–Kier alpha value is -4.94.